The van der Waals surface area contributed by atoms with Crippen LogP contribution in [-0.2, 0) is 19.1 Å². The van der Waals surface area contributed by atoms with Gasteiger partial charge in [-0.1, -0.05) is 46.4 Å². The Labute approximate surface area is 124 Å². The van der Waals surface area contributed by atoms with Gasteiger partial charge in [-0.2, -0.15) is 0 Å². The molecule has 0 saturated heterocycles. The Hall–Kier alpha value is 0.0200. The molecule has 0 spiro atoms. The van der Waals surface area contributed by atoms with E-state index in [9.17, 15) is 9.59 Å². The second kappa shape index (κ2) is 13.5. The molecule has 0 aliphatic heterocycles. The molecule has 0 unspecified atom stereocenters. The molecule has 2 N–H and O–H groups in total. The van der Waals surface area contributed by atoms with Gasteiger partial charge in [0.25, 0.3) is 0 Å². The highest BCUT2D eigenvalue weighted by Gasteiger charge is 2.15. The number of hydrogen-bond acceptors (Lipinski definition) is 6. The van der Waals surface area contributed by atoms with Crippen molar-refractivity contribution in [1.82, 2.24) is 0 Å². The van der Waals surface area contributed by atoms with Crippen LogP contribution in [0.1, 0.15) is 0 Å². The summed E-state index contributed by atoms with van der Waals surface area (Å²) in [5.74, 6) is -1.62. The van der Waals surface area contributed by atoms with E-state index in [-0.39, 0.29) is 26.4 Å². The quantitative estimate of drug-likeness (QED) is 0.417. The lowest BCUT2D eigenvalue weighted by molar-refractivity contribution is -0.150. The van der Waals surface area contributed by atoms with E-state index in [1.54, 1.807) is 0 Å². The van der Waals surface area contributed by atoms with Gasteiger partial charge in [0.2, 0.25) is 9.67 Å². The lowest BCUT2D eigenvalue weighted by atomic mass is 10.7. The molecule has 0 aromatic rings. The molecule has 0 radical (unpaired) electrons. The standard InChI is InChI=1S/C6H6Cl4O4.C2H6O2/c7-3(8)5(11)13-1-2-14-6(12)4(9)10;3-1-2-4/h3-4H,1-2H2;3-4H,1-2H2. The molecular formula is C8H12Cl4O6. The molecule has 108 valence electrons. The Kier molecular flexibility index (Phi) is 15.2. The molecule has 0 aliphatic rings. The summed E-state index contributed by atoms with van der Waals surface area (Å²) in [4.78, 5) is 18.8. The number of esters is 2. The summed E-state index contributed by atoms with van der Waals surface area (Å²) in [5.41, 5.74) is 0. The number of aliphatic hydroxyl groups excluding tert-OH is 2. The van der Waals surface area contributed by atoms with Gasteiger partial charge in [-0.25, -0.2) is 9.59 Å². The maximum absolute atomic E-state index is 10.6. The van der Waals surface area contributed by atoms with Crippen LogP contribution in [0.4, 0.5) is 0 Å². The minimum atomic E-state index is -1.25. The van der Waals surface area contributed by atoms with Crippen LogP contribution in [0.2, 0.25) is 0 Å². The summed E-state index contributed by atoms with van der Waals surface area (Å²) in [6.45, 7) is -0.554. The second-order valence-corrected chi connectivity index (χ2v) is 4.58. The zero-order chi connectivity index (χ0) is 14.6. The third-order valence-electron chi connectivity index (χ3n) is 1.03. The van der Waals surface area contributed by atoms with Gasteiger partial charge in [-0.05, 0) is 0 Å². The molecule has 0 heterocycles. The van der Waals surface area contributed by atoms with Gasteiger partial charge < -0.3 is 19.7 Å². The first-order valence-corrected chi connectivity index (χ1v) is 6.22. The maximum atomic E-state index is 10.6. The van der Waals surface area contributed by atoms with E-state index in [1.165, 1.54) is 0 Å². The minimum absolute atomic E-state index is 0.125. The van der Waals surface area contributed by atoms with Crippen LogP contribution >= 0.6 is 46.4 Å². The summed E-state index contributed by atoms with van der Waals surface area (Å²) in [5, 5.41) is 15.2. The van der Waals surface area contributed by atoms with Crippen molar-refractivity contribution in [3.63, 3.8) is 0 Å². The molecule has 0 amide bonds. The number of alkyl halides is 4. The van der Waals surface area contributed by atoms with Crippen LogP contribution in [0.25, 0.3) is 0 Å². The zero-order valence-electron chi connectivity index (χ0n) is 9.02. The van der Waals surface area contributed by atoms with Gasteiger partial charge in [0.1, 0.15) is 13.2 Å². The molecule has 0 fully saturated rings. The smallest absolute Gasteiger partial charge is 0.339 e. The molecule has 6 nitrogen and oxygen atoms in total. The third-order valence-corrected chi connectivity index (χ3v) is 1.74. The van der Waals surface area contributed by atoms with Crippen LogP contribution in [-0.4, -0.2) is 58.3 Å². The average molecular weight is 346 g/mol. The van der Waals surface area contributed by atoms with Crippen molar-refractivity contribution in [3.8, 4) is 0 Å². The summed E-state index contributed by atoms with van der Waals surface area (Å²) in [6.07, 6.45) is 0. The van der Waals surface area contributed by atoms with Crippen LogP contribution < -0.4 is 0 Å². The Balaban J connectivity index is 0. The van der Waals surface area contributed by atoms with E-state index in [0.29, 0.717) is 0 Å². The molecule has 0 aromatic carbocycles. The zero-order valence-corrected chi connectivity index (χ0v) is 12.0. The summed E-state index contributed by atoms with van der Waals surface area (Å²) in [6, 6.07) is 0. The summed E-state index contributed by atoms with van der Waals surface area (Å²) in [7, 11) is 0. The second-order valence-electron chi connectivity index (χ2n) is 2.38. The third kappa shape index (κ3) is 14.1. The maximum Gasteiger partial charge on any atom is 0.339 e. The summed E-state index contributed by atoms with van der Waals surface area (Å²) >= 11 is 20.6. The molecule has 0 aromatic heterocycles. The van der Waals surface area contributed by atoms with Gasteiger partial charge in [0.05, 0.1) is 13.2 Å². The largest absolute Gasteiger partial charge is 0.460 e. The molecule has 18 heavy (non-hydrogen) atoms. The van der Waals surface area contributed by atoms with Crippen LogP contribution in [0, 0.1) is 0 Å². The Morgan fingerprint density at radius 1 is 0.833 bits per heavy atom. The molecule has 0 atom stereocenters. The van der Waals surface area contributed by atoms with Crippen molar-refractivity contribution in [2.24, 2.45) is 0 Å². The lowest BCUT2D eigenvalue weighted by Gasteiger charge is -2.06. The van der Waals surface area contributed by atoms with E-state index in [4.69, 9.17) is 56.6 Å². The molecular weight excluding hydrogens is 334 g/mol. The normalized spacial score (nSPS) is 9.78. The highest BCUT2D eigenvalue weighted by Crippen LogP contribution is 2.05. The van der Waals surface area contributed by atoms with Crippen molar-refractivity contribution < 1.29 is 29.3 Å². The minimum Gasteiger partial charge on any atom is -0.460 e. The number of rotatable bonds is 6. The Morgan fingerprint density at radius 3 is 1.28 bits per heavy atom. The van der Waals surface area contributed by atoms with E-state index < -0.39 is 21.6 Å². The van der Waals surface area contributed by atoms with E-state index in [0.717, 1.165) is 0 Å². The fourth-order valence-electron chi connectivity index (χ4n) is 0.411. The fourth-order valence-corrected chi connectivity index (χ4v) is 0.662. The van der Waals surface area contributed by atoms with Gasteiger partial charge in [0, 0.05) is 0 Å². The Morgan fingerprint density at radius 2 is 1.11 bits per heavy atom. The number of carbonyl (C=O) groups is 2. The molecule has 10 heteroatoms. The molecule has 0 saturated carbocycles. The van der Waals surface area contributed by atoms with E-state index in [2.05, 4.69) is 9.47 Å². The number of ether oxygens (including phenoxy) is 2. The van der Waals surface area contributed by atoms with E-state index in [1.807, 2.05) is 0 Å². The SMILES string of the molecule is O=C(OCCOC(=O)C(Cl)Cl)C(Cl)Cl.OCCO. The van der Waals surface area contributed by atoms with Gasteiger partial charge in [-0.3, -0.25) is 0 Å². The predicted octanol–water partition coefficient (Wildman–Crippen LogP) is 0.651. The number of halogens is 4. The predicted molar refractivity (Wildman–Crippen MR) is 67.1 cm³/mol. The highest BCUT2D eigenvalue weighted by atomic mass is 35.5. The van der Waals surface area contributed by atoms with Crippen LogP contribution in [0.15, 0.2) is 0 Å². The van der Waals surface area contributed by atoms with Gasteiger partial charge in [-0.15, -0.1) is 0 Å². The summed E-state index contributed by atoms with van der Waals surface area (Å²) < 4.78 is 8.93. The molecule has 0 rings (SSSR count). The highest BCUT2D eigenvalue weighted by molar-refractivity contribution is 6.53. The van der Waals surface area contributed by atoms with Crippen molar-refractivity contribution in [3.05, 3.63) is 0 Å². The average Bonchev–Trinajstić information content (AvgIpc) is 2.33. The first-order valence-electron chi connectivity index (χ1n) is 4.48. The fraction of sp³-hybridized carbons (Fsp3) is 0.750. The van der Waals surface area contributed by atoms with Gasteiger partial charge in [0.15, 0.2) is 0 Å². The Bertz CT molecular complexity index is 212. The van der Waals surface area contributed by atoms with E-state index >= 15 is 0 Å². The van der Waals surface area contributed by atoms with Crippen LogP contribution in [0.5, 0.6) is 0 Å². The lowest BCUT2D eigenvalue weighted by Crippen LogP contribution is -2.19. The van der Waals surface area contributed by atoms with Crippen molar-refractivity contribution in [2.45, 2.75) is 9.67 Å². The number of hydrogen-bond donors (Lipinski definition) is 2. The van der Waals surface area contributed by atoms with Gasteiger partial charge >= 0.3 is 11.9 Å². The first kappa shape index (κ1) is 20.3. The van der Waals surface area contributed by atoms with Crippen molar-refractivity contribution >= 4 is 58.3 Å². The monoisotopic (exact) mass is 344 g/mol. The first-order chi connectivity index (χ1) is 8.36. The van der Waals surface area contributed by atoms with Crippen molar-refractivity contribution in [2.75, 3.05) is 26.4 Å². The van der Waals surface area contributed by atoms with Crippen molar-refractivity contribution in [1.29, 1.82) is 0 Å². The number of aliphatic hydroxyl groups is 2. The molecule has 0 aliphatic carbocycles. The van der Waals surface area contributed by atoms with Crippen LogP contribution in [0.3, 0.4) is 0 Å². The topological polar surface area (TPSA) is 93.1 Å². The molecule has 0 bridgehead atoms. The number of carbonyl (C=O) groups excluding carboxylic acids is 2.